The molecule has 5 nitrogen and oxygen atoms in total. The van der Waals surface area contributed by atoms with Crippen molar-refractivity contribution in [2.24, 2.45) is 5.92 Å². The molecule has 21 heavy (non-hydrogen) atoms. The lowest BCUT2D eigenvalue weighted by Crippen LogP contribution is -2.30. The minimum atomic E-state index is 0.0246. The highest BCUT2D eigenvalue weighted by atomic mass is 16.5. The van der Waals surface area contributed by atoms with E-state index in [9.17, 15) is 4.79 Å². The van der Waals surface area contributed by atoms with Crippen LogP contribution < -0.4 is 0 Å². The number of nitrogens with one attached hydrogen (secondary N) is 1. The third-order valence-corrected chi connectivity index (χ3v) is 3.95. The summed E-state index contributed by atoms with van der Waals surface area (Å²) in [4.78, 5) is 14.0. The molecule has 2 heterocycles. The van der Waals surface area contributed by atoms with Crippen LogP contribution in [0.25, 0.3) is 0 Å². The van der Waals surface area contributed by atoms with Gasteiger partial charge in [0.25, 0.3) is 0 Å². The number of hydrogen-bond donors (Lipinski definition) is 1. The normalized spacial score (nSPS) is 19.5. The standard InChI is InChI=1S/C16H27N3O2/c1-16(2,3)14-9-13(17-18-14)10-19(4)15(20)8-12-6-5-7-21-11-12/h9,12H,5-8,10-11H2,1-4H3,(H,17,18)/t12-/m1/s1. The molecule has 0 spiro atoms. The van der Waals surface area contributed by atoms with Crippen LogP contribution >= 0.6 is 0 Å². The van der Waals surface area contributed by atoms with E-state index in [2.05, 4.69) is 31.0 Å². The molecule has 1 fully saturated rings. The Morgan fingerprint density at radius 1 is 1.52 bits per heavy atom. The Kier molecular flexibility index (Phi) is 5.04. The van der Waals surface area contributed by atoms with Gasteiger partial charge in [0.05, 0.1) is 17.9 Å². The van der Waals surface area contributed by atoms with Crippen LogP contribution in [0.3, 0.4) is 0 Å². The predicted molar refractivity (Wildman–Crippen MR) is 81.9 cm³/mol. The van der Waals surface area contributed by atoms with Gasteiger partial charge in [0, 0.05) is 32.1 Å². The van der Waals surface area contributed by atoms with E-state index >= 15 is 0 Å². The fourth-order valence-electron chi connectivity index (χ4n) is 2.54. The van der Waals surface area contributed by atoms with Gasteiger partial charge in [-0.3, -0.25) is 9.89 Å². The lowest BCUT2D eigenvalue weighted by Gasteiger charge is -2.24. The highest BCUT2D eigenvalue weighted by molar-refractivity contribution is 5.76. The molecule has 5 heteroatoms. The largest absolute Gasteiger partial charge is 0.381 e. The van der Waals surface area contributed by atoms with Crippen LogP contribution in [0.5, 0.6) is 0 Å². The highest BCUT2D eigenvalue weighted by Gasteiger charge is 2.21. The van der Waals surface area contributed by atoms with Crippen molar-refractivity contribution in [1.82, 2.24) is 15.1 Å². The molecule has 1 aromatic rings. The lowest BCUT2D eigenvalue weighted by atomic mass is 9.92. The maximum atomic E-state index is 12.3. The number of rotatable bonds is 4. The van der Waals surface area contributed by atoms with E-state index < -0.39 is 0 Å². The Bertz CT molecular complexity index is 470. The number of carbonyl (C=O) groups excluding carboxylic acids is 1. The molecule has 2 rings (SSSR count). The zero-order valence-corrected chi connectivity index (χ0v) is 13.6. The molecule has 1 aliphatic rings. The van der Waals surface area contributed by atoms with Crippen LogP contribution in [0, 0.1) is 5.92 Å². The maximum Gasteiger partial charge on any atom is 0.223 e. The molecule has 118 valence electrons. The number of ether oxygens (including phenoxy) is 1. The summed E-state index contributed by atoms with van der Waals surface area (Å²) >= 11 is 0. The Labute approximate surface area is 127 Å². The molecule has 1 atom stereocenters. The third kappa shape index (κ3) is 4.56. The summed E-state index contributed by atoms with van der Waals surface area (Å²) in [5.74, 6) is 0.554. The predicted octanol–water partition coefficient (Wildman–Crippen LogP) is 2.48. The Morgan fingerprint density at radius 2 is 2.29 bits per heavy atom. The number of amides is 1. The SMILES string of the molecule is CN(Cc1cc(C(C)(C)C)n[nH]1)C(=O)C[C@H]1CCCOC1. The molecule has 0 radical (unpaired) electrons. The monoisotopic (exact) mass is 293 g/mol. The number of hydrogen-bond acceptors (Lipinski definition) is 3. The second-order valence-corrected chi connectivity index (χ2v) is 7.07. The number of aromatic nitrogens is 2. The average molecular weight is 293 g/mol. The zero-order chi connectivity index (χ0) is 15.5. The van der Waals surface area contributed by atoms with Gasteiger partial charge >= 0.3 is 0 Å². The zero-order valence-electron chi connectivity index (χ0n) is 13.6. The van der Waals surface area contributed by atoms with E-state index in [1.807, 2.05) is 13.1 Å². The smallest absolute Gasteiger partial charge is 0.223 e. The average Bonchev–Trinajstić information content (AvgIpc) is 2.88. The van der Waals surface area contributed by atoms with Crippen molar-refractivity contribution in [3.8, 4) is 0 Å². The van der Waals surface area contributed by atoms with Gasteiger partial charge in [0.1, 0.15) is 0 Å². The van der Waals surface area contributed by atoms with E-state index in [-0.39, 0.29) is 11.3 Å². The lowest BCUT2D eigenvalue weighted by molar-refractivity contribution is -0.132. The van der Waals surface area contributed by atoms with Gasteiger partial charge in [-0.2, -0.15) is 5.10 Å². The number of nitrogens with zero attached hydrogens (tertiary/aromatic N) is 2. The van der Waals surface area contributed by atoms with Crippen LogP contribution in [-0.2, 0) is 21.5 Å². The van der Waals surface area contributed by atoms with E-state index in [4.69, 9.17) is 4.74 Å². The van der Waals surface area contributed by atoms with Gasteiger partial charge in [-0.05, 0) is 24.8 Å². The van der Waals surface area contributed by atoms with E-state index in [1.165, 1.54) is 0 Å². The van der Waals surface area contributed by atoms with Crippen LogP contribution in [0.15, 0.2) is 6.07 Å². The second kappa shape index (κ2) is 6.60. The molecule has 0 aromatic carbocycles. The first-order chi connectivity index (χ1) is 9.86. The van der Waals surface area contributed by atoms with Crippen molar-refractivity contribution in [3.05, 3.63) is 17.5 Å². The van der Waals surface area contributed by atoms with Crippen molar-refractivity contribution >= 4 is 5.91 Å². The van der Waals surface area contributed by atoms with Gasteiger partial charge in [-0.1, -0.05) is 20.8 Å². The number of H-pyrrole nitrogens is 1. The first kappa shape index (κ1) is 16.0. The first-order valence-electron chi connectivity index (χ1n) is 7.72. The third-order valence-electron chi connectivity index (χ3n) is 3.95. The van der Waals surface area contributed by atoms with Crippen LogP contribution in [0.2, 0.25) is 0 Å². The molecule has 1 aliphatic heterocycles. The van der Waals surface area contributed by atoms with Gasteiger partial charge in [-0.15, -0.1) is 0 Å². The van der Waals surface area contributed by atoms with E-state index in [1.54, 1.807) is 4.90 Å². The highest BCUT2D eigenvalue weighted by Crippen LogP contribution is 2.21. The van der Waals surface area contributed by atoms with E-state index in [0.717, 1.165) is 37.4 Å². The second-order valence-electron chi connectivity index (χ2n) is 7.07. The molecule has 0 bridgehead atoms. The Balaban J connectivity index is 1.86. The van der Waals surface area contributed by atoms with Crippen molar-refractivity contribution in [2.45, 2.75) is 52.0 Å². The molecular weight excluding hydrogens is 266 g/mol. The molecule has 0 unspecified atom stereocenters. The molecule has 0 saturated carbocycles. The fourth-order valence-corrected chi connectivity index (χ4v) is 2.54. The first-order valence-corrected chi connectivity index (χ1v) is 7.72. The molecule has 1 N–H and O–H groups in total. The molecule has 1 saturated heterocycles. The van der Waals surface area contributed by atoms with Crippen molar-refractivity contribution in [1.29, 1.82) is 0 Å². The molecule has 1 amide bonds. The summed E-state index contributed by atoms with van der Waals surface area (Å²) in [6.07, 6.45) is 2.74. The van der Waals surface area contributed by atoms with Crippen LogP contribution in [0.1, 0.15) is 51.4 Å². The summed E-state index contributed by atoms with van der Waals surface area (Å²) in [7, 11) is 1.85. The van der Waals surface area contributed by atoms with Gasteiger partial charge in [0.2, 0.25) is 5.91 Å². The minimum Gasteiger partial charge on any atom is -0.381 e. The van der Waals surface area contributed by atoms with Crippen molar-refractivity contribution in [3.63, 3.8) is 0 Å². The van der Waals surface area contributed by atoms with Gasteiger partial charge < -0.3 is 9.64 Å². The molecule has 0 aliphatic carbocycles. The van der Waals surface area contributed by atoms with E-state index in [0.29, 0.717) is 18.9 Å². The Hall–Kier alpha value is -1.36. The van der Waals surface area contributed by atoms with Gasteiger partial charge in [0.15, 0.2) is 0 Å². The quantitative estimate of drug-likeness (QED) is 0.928. The minimum absolute atomic E-state index is 0.0246. The summed E-state index contributed by atoms with van der Waals surface area (Å²) in [5.41, 5.74) is 2.03. The summed E-state index contributed by atoms with van der Waals surface area (Å²) < 4.78 is 5.43. The van der Waals surface area contributed by atoms with Crippen LogP contribution in [-0.4, -0.2) is 41.3 Å². The Morgan fingerprint density at radius 3 is 2.86 bits per heavy atom. The van der Waals surface area contributed by atoms with Gasteiger partial charge in [-0.25, -0.2) is 0 Å². The fraction of sp³-hybridized carbons (Fsp3) is 0.750. The summed E-state index contributed by atoms with van der Waals surface area (Å²) in [5, 5.41) is 7.37. The number of aromatic amines is 1. The van der Waals surface area contributed by atoms with Crippen LogP contribution in [0.4, 0.5) is 0 Å². The molecule has 1 aromatic heterocycles. The number of carbonyl (C=O) groups is 1. The van der Waals surface area contributed by atoms with Crippen molar-refractivity contribution in [2.75, 3.05) is 20.3 Å². The van der Waals surface area contributed by atoms with Crippen molar-refractivity contribution < 1.29 is 9.53 Å². The molecular formula is C16H27N3O2. The summed E-state index contributed by atoms with van der Waals surface area (Å²) in [6.45, 7) is 8.53. The summed E-state index contributed by atoms with van der Waals surface area (Å²) in [6, 6.07) is 2.05. The topological polar surface area (TPSA) is 58.2 Å². The maximum absolute atomic E-state index is 12.3.